The number of nitrogens with zero attached hydrogens (tertiary/aromatic N) is 2. The molecule has 0 aliphatic heterocycles. The highest BCUT2D eigenvalue weighted by Gasteiger charge is 2.24. The molecule has 0 bridgehead atoms. The molecule has 1 aliphatic rings. The Morgan fingerprint density at radius 2 is 2.04 bits per heavy atom. The molecule has 1 saturated carbocycles. The molecule has 0 unspecified atom stereocenters. The lowest BCUT2D eigenvalue weighted by Crippen LogP contribution is -2.41. The van der Waals surface area contributed by atoms with Crippen LogP contribution in [0, 0.1) is 11.7 Å². The molecule has 0 radical (unpaired) electrons. The number of hydrogen-bond acceptors (Lipinski definition) is 4. The summed E-state index contributed by atoms with van der Waals surface area (Å²) in [6.45, 7) is 0.375. The summed E-state index contributed by atoms with van der Waals surface area (Å²) < 4.78 is 18.2. The van der Waals surface area contributed by atoms with Crippen LogP contribution in [0.15, 0.2) is 41.1 Å². The van der Waals surface area contributed by atoms with Gasteiger partial charge in [0.15, 0.2) is 5.82 Å². The van der Waals surface area contributed by atoms with Gasteiger partial charge >= 0.3 is 0 Å². The highest BCUT2D eigenvalue weighted by molar-refractivity contribution is 5.99. The summed E-state index contributed by atoms with van der Waals surface area (Å²) in [6.07, 6.45) is 6.92. The minimum absolute atomic E-state index is 0.112. The van der Waals surface area contributed by atoms with Gasteiger partial charge in [-0.05, 0) is 37.0 Å². The number of amides is 2. The molecule has 1 fully saturated rings. The largest absolute Gasteiger partial charge is 0.363 e. The quantitative estimate of drug-likeness (QED) is 0.857. The van der Waals surface area contributed by atoms with Gasteiger partial charge in [0.2, 0.25) is 5.91 Å². The lowest BCUT2D eigenvalue weighted by molar-refractivity contribution is -0.117. The van der Waals surface area contributed by atoms with Crippen molar-refractivity contribution < 1.29 is 18.5 Å². The van der Waals surface area contributed by atoms with Crippen molar-refractivity contribution >= 4 is 17.6 Å². The van der Waals surface area contributed by atoms with Crippen molar-refractivity contribution in [2.45, 2.75) is 32.1 Å². The highest BCUT2D eigenvalue weighted by atomic mass is 19.1. The second-order valence-corrected chi connectivity index (χ2v) is 6.63. The third-order valence-corrected chi connectivity index (χ3v) is 4.60. The van der Waals surface area contributed by atoms with Gasteiger partial charge in [-0.2, -0.15) is 0 Å². The first kappa shape index (κ1) is 18.1. The predicted molar refractivity (Wildman–Crippen MR) is 94.0 cm³/mol. The van der Waals surface area contributed by atoms with Gasteiger partial charge in [0.1, 0.15) is 18.6 Å². The van der Waals surface area contributed by atoms with Gasteiger partial charge in [-0.3, -0.25) is 9.59 Å². The van der Waals surface area contributed by atoms with Crippen molar-refractivity contribution in [3.63, 3.8) is 0 Å². The number of benzene rings is 1. The molecule has 138 valence electrons. The molecule has 1 heterocycles. The second-order valence-electron chi connectivity index (χ2n) is 6.63. The van der Waals surface area contributed by atoms with Crippen molar-refractivity contribution in [1.82, 2.24) is 10.1 Å². The first-order chi connectivity index (χ1) is 12.6. The van der Waals surface area contributed by atoms with E-state index in [9.17, 15) is 14.0 Å². The van der Waals surface area contributed by atoms with Crippen LogP contribution in [0.25, 0.3) is 0 Å². The van der Waals surface area contributed by atoms with Crippen LogP contribution in [-0.2, 0) is 4.79 Å². The molecular formula is C19H22FN3O3. The Kier molecular flexibility index (Phi) is 5.99. The lowest BCUT2D eigenvalue weighted by Gasteiger charge is -2.29. The van der Waals surface area contributed by atoms with Gasteiger partial charge in [-0.15, -0.1) is 0 Å². The fourth-order valence-corrected chi connectivity index (χ4v) is 3.34. The van der Waals surface area contributed by atoms with Crippen LogP contribution < -0.4 is 5.32 Å². The first-order valence-corrected chi connectivity index (χ1v) is 8.87. The Labute approximate surface area is 151 Å². The van der Waals surface area contributed by atoms with Gasteiger partial charge in [-0.25, -0.2) is 4.39 Å². The van der Waals surface area contributed by atoms with E-state index in [1.54, 1.807) is 6.07 Å². The molecule has 0 saturated heterocycles. The summed E-state index contributed by atoms with van der Waals surface area (Å²) in [5.74, 6) is -0.516. The molecule has 2 aromatic rings. The topological polar surface area (TPSA) is 75.4 Å². The summed E-state index contributed by atoms with van der Waals surface area (Å²) in [6, 6.07) is 7.08. The van der Waals surface area contributed by atoms with Gasteiger partial charge in [0, 0.05) is 18.2 Å². The summed E-state index contributed by atoms with van der Waals surface area (Å²) >= 11 is 0. The Balaban J connectivity index is 1.71. The lowest BCUT2D eigenvalue weighted by atomic mass is 9.89. The van der Waals surface area contributed by atoms with E-state index in [1.807, 2.05) is 0 Å². The van der Waals surface area contributed by atoms with Crippen molar-refractivity contribution in [2.75, 3.05) is 18.4 Å². The van der Waals surface area contributed by atoms with Gasteiger partial charge < -0.3 is 14.7 Å². The standard InChI is InChI=1S/C19H22FN3O3/c20-16-8-4-7-15(11-16)19(25)23(12-14-5-2-1-3-6-14)13-18(24)21-17-9-10-26-22-17/h4,7-11,14H,1-3,5-6,12-13H2,(H,21,22,24). The zero-order valence-corrected chi connectivity index (χ0v) is 14.5. The monoisotopic (exact) mass is 359 g/mol. The molecule has 1 aromatic carbocycles. The maximum Gasteiger partial charge on any atom is 0.254 e. The Hall–Kier alpha value is -2.70. The minimum atomic E-state index is -0.472. The van der Waals surface area contributed by atoms with Crippen molar-refractivity contribution in [2.24, 2.45) is 5.92 Å². The van der Waals surface area contributed by atoms with E-state index in [-0.39, 0.29) is 23.9 Å². The molecule has 26 heavy (non-hydrogen) atoms. The Morgan fingerprint density at radius 1 is 1.23 bits per heavy atom. The number of nitrogens with one attached hydrogen (secondary N) is 1. The zero-order chi connectivity index (χ0) is 18.4. The van der Waals surface area contributed by atoms with Crippen LogP contribution in [0.2, 0.25) is 0 Å². The van der Waals surface area contributed by atoms with E-state index in [0.29, 0.717) is 18.3 Å². The Morgan fingerprint density at radius 3 is 2.73 bits per heavy atom. The van der Waals surface area contributed by atoms with Crippen LogP contribution in [0.5, 0.6) is 0 Å². The van der Waals surface area contributed by atoms with Crippen molar-refractivity contribution in [3.05, 3.63) is 48.0 Å². The van der Waals surface area contributed by atoms with E-state index in [2.05, 4.69) is 15.0 Å². The van der Waals surface area contributed by atoms with Crippen LogP contribution >= 0.6 is 0 Å². The summed E-state index contributed by atoms with van der Waals surface area (Å²) in [7, 11) is 0. The molecule has 1 N–H and O–H groups in total. The maximum absolute atomic E-state index is 13.5. The molecule has 0 spiro atoms. The summed E-state index contributed by atoms with van der Waals surface area (Å²) in [5.41, 5.74) is 0.245. The van der Waals surface area contributed by atoms with E-state index in [0.717, 1.165) is 25.7 Å². The molecule has 1 aromatic heterocycles. The minimum Gasteiger partial charge on any atom is -0.363 e. The summed E-state index contributed by atoms with van der Waals surface area (Å²) in [5, 5.41) is 6.23. The third-order valence-electron chi connectivity index (χ3n) is 4.60. The van der Waals surface area contributed by atoms with Gasteiger partial charge in [0.25, 0.3) is 5.91 Å². The molecule has 7 heteroatoms. The number of anilines is 1. The average Bonchev–Trinajstić information content (AvgIpc) is 3.14. The molecule has 1 aliphatic carbocycles. The number of rotatable bonds is 6. The van der Waals surface area contributed by atoms with Crippen molar-refractivity contribution in [1.29, 1.82) is 0 Å². The fraction of sp³-hybridized carbons (Fsp3) is 0.421. The SMILES string of the molecule is O=C(CN(CC1CCCCC1)C(=O)c1cccc(F)c1)Nc1ccon1. The number of aromatic nitrogens is 1. The number of halogens is 1. The first-order valence-electron chi connectivity index (χ1n) is 8.87. The second kappa shape index (κ2) is 8.60. The predicted octanol–water partition coefficient (Wildman–Crippen LogP) is 3.47. The van der Waals surface area contributed by atoms with E-state index in [1.165, 1.54) is 41.8 Å². The van der Waals surface area contributed by atoms with Crippen LogP contribution in [0.3, 0.4) is 0 Å². The third kappa shape index (κ3) is 4.91. The van der Waals surface area contributed by atoms with Crippen LogP contribution in [-0.4, -0.2) is 35.0 Å². The normalized spacial score (nSPS) is 14.8. The molecular weight excluding hydrogens is 337 g/mol. The maximum atomic E-state index is 13.5. The van der Waals surface area contributed by atoms with Gasteiger partial charge in [-0.1, -0.05) is 30.5 Å². The van der Waals surface area contributed by atoms with Crippen LogP contribution in [0.4, 0.5) is 10.2 Å². The van der Waals surface area contributed by atoms with E-state index in [4.69, 9.17) is 0 Å². The zero-order valence-electron chi connectivity index (χ0n) is 14.5. The summed E-state index contributed by atoms with van der Waals surface area (Å²) in [4.78, 5) is 26.7. The van der Waals surface area contributed by atoms with Gasteiger partial charge in [0.05, 0.1) is 0 Å². The Bertz CT molecular complexity index is 742. The van der Waals surface area contributed by atoms with Crippen molar-refractivity contribution in [3.8, 4) is 0 Å². The number of hydrogen-bond donors (Lipinski definition) is 1. The number of carbonyl (C=O) groups excluding carboxylic acids is 2. The van der Waals surface area contributed by atoms with Crippen LogP contribution in [0.1, 0.15) is 42.5 Å². The smallest absolute Gasteiger partial charge is 0.254 e. The molecule has 0 atom stereocenters. The molecule has 3 rings (SSSR count). The van der Waals surface area contributed by atoms with E-state index < -0.39 is 5.82 Å². The molecule has 2 amide bonds. The number of carbonyl (C=O) groups is 2. The molecule has 6 nitrogen and oxygen atoms in total. The average molecular weight is 359 g/mol. The van der Waals surface area contributed by atoms with E-state index >= 15 is 0 Å². The highest BCUT2D eigenvalue weighted by Crippen LogP contribution is 2.25. The fourth-order valence-electron chi connectivity index (χ4n) is 3.34.